The van der Waals surface area contributed by atoms with Crippen LogP contribution in [0, 0.1) is 2.88 Å². The number of nitrogens with two attached hydrogens (primary N) is 1. The molecule has 1 unspecified atom stereocenters. The maximum absolute atomic E-state index is 6.15. The van der Waals surface area contributed by atoms with Gasteiger partial charge in [0.15, 0.2) is 0 Å². The van der Waals surface area contributed by atoms with Crippen LogP contribution in [0.2, 0.25) is 0 Å². The van der Waals surface area contributed by atoms with Crippen LogP contribution in [0.5, 0.6) is 0 Å². The van der Waals surface area contributed by atoms with Gasteiger partial charge in [0, 0.05) is 6.04 Å². The number of hydrogen-bond donors (Lipinski definition) is 1. The Balaban J connectivity index is 2.09. The van der Waals surface area contributed by atoms with E-state index in [-0.39, 0.29) is 6.04 Å². The molecule has 1 heterocycles. The Hall–Kier alpha value is 0.390. The van der Waals surface area contributed by atoms with Crippen molar-refractivity contribution in [2.45, 2.75) is 57.9 Å². The Morgan fingerprint density at radius 3 is 2.56 bits per heavy atom. The molecule has 1 atom stereocenters. The molecule has 2 N–H and O–H groups in total. The van der Waals surface area contributed by atoms with E-state index in [2.05, 4.69) is 41.0 Å². The number of thiophene rings is 1. The molecule has 0 saturated carbocycles. The van der Waals surface area contributed by atoms with Gasteiger partial charge in [-0.25, -0.2) is 0 Å². The van der Waals surface area contributed by atoms with Crippen molar-refractivity contribution < 1.29 is 0 Å². The molecule has 0 bridgehead atoms. The minimum atomic E-state index is 0.256. The molecule has 0 aliphatic carbocycles. The maximum Gasteiger partial charge on any atom is 0.0656 e. The van der Waals surface area contributed by atoms with Crippen LogP contribution in [0.15, 0.2) is 11.4 Å². The van der Waals surface area contributed by atoms with E-state index in [1.165, 1.54) is 47.0 Å². The number of halogens is 1. The Morgan fingerprint density at radius 1 is 1.25 bits per heavy atom. The van der Waals surface area contributed by atoms with Crippen LogP contribution in [-0.2, 0) is 0 Å². The molecule has 1 aromatic heterocycles. The lowest BCUT2D eigenvalue weighted by Crippen LogP contribution is -2.08. The summed E-state index contributed by atoms with van der Waals surface area (Å²) in [4.78, 5) is 0. The molecule has 0 amide bonds. The highest BCUT2D eigenvalue weighted by Gasteiger charge is 2.07. The first kappa shape index (κ1) is 14.5. The third kappa shape index (κ3) is 5.64. The molecule has 0 aliphatic rings. The summed E-state index contributed by atoms with van der Waals surface area (Å²) in [7, 11) is 0. The maximum atomic E-state index is 6.15. The quantitative estimate of drug-likeness (QED) is 0.512. The molecule has 1 rings (SSSR count). The molecule has 1 aromatic rings. The Bertz CT molecular complexity index is 285. The smallest absolute Gasteiger partial charge is 0.0656 e. The Kier molecular flexibility index (Phi) is 7.66. The number of unbranched alkanes of at least 4 members (excludes halogenated alkanes) is 5. The first-order chi connectivity index (χ1) is 7.74. The van der Waals surface area contributed by atoms with E-state index < -0.39 is 0 Å². The fraction of sp³-hybridized carbons (Fsp3) is 0.692. The van der Waals surface area contributed by atoms with Crippen molar-refractivity contribution in [3.63, 3.8) is 0 Å². The standard InChI is InChI=1S/C13H22INS/c1-2-3-4-5-6-7-8-12(15)11-9-13(14)16-10-11/h9-10,12H,2-8,15H2,1H3. The third-order valence-corrected chi connectivity index (χ3v) is 4.69. The molecular formula is C13H22INS. The van der Waals surface area contributed by atoms with Crippen molar-refractivity contribution in [1.29, 1.82) is 0 Å². The summed E-state index contributed by atoms with van der Waals surface area (Å²) >= 11 is 4.15. The van der Waals surface area contributed by atoms with Gasteiger partial charge in [0.2, 0.25) is 0 Å². The van der Waals surface area contributed by atoms with Crippen molar-refractivity contribution in [2.75, 3.05) is 0 Å². The van der Waals surface area contributed by atoms with Crippen molar-refractivity contribution in [1.82, 2.24) is 0 Å². The lowest BCUT2D eigenvalue weighted by atomic mass is 10.0. The van der Waals surface area contributed by atoms with Crippen LogP contribution in [0.4, 0.5) is 0 Å². The van der Waals surface area contributed by atoms with E-state index >= 15 is 0 Å². The summed E-state index contributed by atoms with van der Waals surface area (Å²) in [6.45, 7) is 2.26. The van der Waals surface area contributed by atoms with Crippen molar-refractivity contribution in [2.24, 2.45) is 5.73 Å². The molecule has 16 heavy (non-hydrogen) atoms. The van der Waals surface area contributed by atoms with Gasteiger partial charge in [0.25, 0.3) is 0 Å². The van der Waals surface area contributed by atoms with Crippen molar-refractivity contribution in [3.8, 4) is 0 Å². The predicted octanol–water partition coefficient (Wildman–Crippen LogP) is 5.10. The average molecular weight is 351 g/mol. The molecule has 0 radical (unpaired) electrons. The largest absolute Gasteiger partial charge is 0.324 e. The van der Waals surface area contributed by atoms with Gasteiger partial charge in [-0.05, 0) is 46.0 Å². The summed E-state index contributed by atoms with van der Waals surface area (Å²) in [5.41, 5.74) is 7.47. The zero-order valence-corrected chi connectivity index (χ0v) is 13.0. The average Bonchev–Trinajstić information content (AvgIpc) is 2.70. The van der Waals surface area contributed by atoms with Crippen LogP contribution in [-0.4, -0.2) is 0 Å². The highest BCUT2D eigenvalue weighted by molar-refractivity contribution is 14.1. The van der Waals surface area contributed by atoms with Crippen LogP contribution in [0.25, 0.3) is 0 Å². The molecule has 92 valence electrons. The van der Waals surface area contributed by atoms with Gasteiger partial charge in [0.1, 0.15) is 0 Å². The topological polar surface area (TPSA) is 26.0 Å². The molecule has 0 aromatic carbocycles. The second-order valence-electron chi connectivity index (χ2n) is 4.35. The highest BCUT2D eigenvalue weighted by atomic mass is 127. The van der Waals surface area contributed by atoms with Gasteiger partial charge in [-0.1, -0.05) is 45.4 Å². The normalized spacial score (nSPS) is 12.9. The van der Waals surface area contributed by atoms with Gasteiger partial charge in [0.05, 0.1) is 2.88 Å². The predicted molar refractivity (Wildman–Crippen MR) is 82.0 cm³/mol. The number of rotatable bonds is 8. The summed E-state index contributed by atoms with van der Waals surface area (Å²) in [5, 5.41) is 2.20. The van der Waals surface area contributed by atoms with Crippen LogP contribution in [0.1, 0.15) is 63.5 Å². The summed E-state index contributed by atoms with van der Waals surface area (Å²) in [5.74, 6) is 0. The van der Waals surface area contributed by atoms with Crippen LogP contribution in [0.3, 0.4) is 0 Å². The molecule has 1 nitrogen and oxygen atoms in total. The summed E-state index contributed by atoms with van der Waals surface area (Å²) < 4.78 is 1.34. The van der Waals surface area contributed by atoms with E-state index in [1.807, 2.05) is 0 Å². The van der Waals surface area contributed by atoms with Crippen molar-refractivity contribution >= 4 is 33.9 Å². The highest BCUT2D eigenvalue weighted by Crippen LogP contribution is 2.24. The summed E-state index contributed by atoms with van der Waals surface area (Å²) in [6, 6.07) is 2.47. The SMILES string of the molecule is CCCCCCCCC(N)c1csc(I)c1. The van der Waals surface area contributed by atoms with Crippen molar-refractivity contribution in [3.05, 3.63) is 19.9 Å². The fourth-order valence-electron chi connectivity index (χ4n) is 1.83. The molecule has 3 heteroatoms. The first-order valence-electron chi connectivity index (χ1n) is 6.23. The van der Waals surface area contributed by atoms with E-state index in [4.69, 9.17) is 5.73 Å². The van der Waals surface area contributed by atoms with Crippen LogP contribution < -0.4 is 5.73 Å². The first-order valence-corrected chi connectivity index (χ1v) is 8.19. The van der Waals surface area contributed by atoms with E-state index in [0.717, 1.165) is 6.42 Å². The molecule has 0 aliphatic heterocycles. The van der Waals surface area contributed by atoms with E-state index in [0.29, 0.717) is 0 Å². The zero-order valence-electron chi connectivity index (χ0n) is 10.0. The van der Waals surface area contributed by atoms with Gasteiger partial charge in [-0.2, -0.15) is 0 Å². The minimum absolute atomic E-state index is 0.256. The van der Waals surface area contributed by atoms with Gasteiger partial charge >= 0.3 is 0 Å². The lowest BCUT2D eigenvalue weighted by Gasteiger charge is -2.09. The second kappa shape index (κ2) is 8.48. The Labute approximate surface area is 117 Å². The Morgan fingerprint density at radius 2 is 1.94 bits per heavy atom. The summed E-state index contributed by atoms with van der Waals surface area (Å²) in [6.07, 6.45) is 9.23. The van der Waals surface area contributed by atoms with E-state index in [1.54, 1.807) is 11.3 Å². The molecular weight excluding hydrogens is 329 g/mol. The second-order valence-corrected chi connectivity index (χ2v) is 7.15. The molecule has 0 fully saturated rings. The van der Waals surface area contributed by atoms with Gasteiger partial charge < -0.3 is 5.73 Å². The van der Waals surface area contributed by atoms with E-state index in [9.17, 15) is 0 Å². The van der Waals surface area contributed by atoms with Crippen LogP contribution >= 0.6 is 33.9 Å². The third-order valence-electron chi connectivity index (χ3n) is 2.88. The minimum Gasteiger partial charge on any atom is -0.324 e. The molecule has 0 saturated heterocycles. The fourth-order valence-corrected chi connectivity index (χ4v) is 3.27. The lowest BCUT2D eigenvalue weighted by molar-refractivity contribution is 0.548. The zero-order chi connectivity index (χ0) is 11.8. The monoisotopic (exact) mass is 351 g/mol. The van der Waals surface area contributed by atoms with Gasteiger partial charge in [-0.3, -0.25) is 0 Å². The molecule has 0 spiro atoms. The number of hydrogen-bond acceptors (Lipinski definition) is 2. The van der Waals surface area contributed by atoms with Gasteiger partial charge in [-0.15, -0.1) is 11.3 Å².